The van der Waals surface area contributed by atoms with Crippen molar-refractivity contribution in [2.24, 2.45) is 10.7 Å². The van der Waals surface area contributed by atoms with Crippen LogP contribution < -0.4 is 11.2 Å². The number of fused-ring (bicyclic) bond motifs is 1. The summed E-state index contributed by atoms with van der Waals surface area (Å²) in [6, 6.07) is 9.89. The van der Waals surface area contributed by atoms with Crippen molar-refractivity contribution in [1.82, 2.24) is 10.4 Å². The maximum absolute atomic E-state index is 11.2. The van der Waals surface area contributed by atoms with Crippen LogP contribution in [-0.2, 0) is 4.79 Å². The van der Waals surface area contributed by atoms with E-state index in [1.54, 1.807) is 5.01 Å². The summed E-state index contributed by atoms with van der Waals surface area (Å²) in [5, 5.41) is 1.78. The summed E-state index contributed by atoms with van der Waals surface area (Å²) in [5.74, 6) is 0.206. The number of amidine groups is 1. The summed E-state index contributed by atoms with van der Waals surface area (Å²) in [6.45, 7) is 0. The molecular formula is C13H12N4O. The molecule has 1 aromatic rings. The highest BCUT2D eigenvalue weighted by molar-refractivity contribution is 6.03. The minimum Gasteiger partial charge on any atom is -0.367 e. The fraction of sp³-hybridized carbons (Fsp3) is 0.0769. The topological polar surface area (TPSA) is 70.7 Å². The van der Waals surface area contributed by atoms with Gasteiger partial charge in [0.05, 0.1) is 5.70 Å². The molecular weight excluding hydrogens is 228 g/mol. The Balaban J connectivity index is 1.96. The molecule has 0 aromatic heterocycles. The van der Waals surface area contributed by atoms with E-state index in [1.807, 2.05) is 48.6 Å². The zero-order valence-electron chi connectivity index (χ0n) is 9.58. The lowest BCUT2D eigenvalue weighted by molar-refractivity contribution is -0.120. The Kier molecular flexibility index (Phi) is 2.46. The molecule has 18 heavy (non-hydrogen) atoms. The van der Waals surface area contributed by atoms with E-state index in [0.29, 0.717) is 5.84 Å². The fourth-order valence-electron chi connectivity index (χ4n) is 1.98. The van der Waals surface area contributed by atoms with E-state index in [9.17, 15) is 4.79 Å². The quantitative estimate of drug-likeness (QED) is 0.796. The molecule has 0 saturated carbocycles. The van der Waals surface area contributed by atoms with Gasteiger partial charge in [0.2, 0.25) is 0 Å². The smallest absolute Gasteiger partial charge is 0.258 e. The zero-order valence-corrected chi connectivity index (χ0v) is 9.58. The van der Waals surface area contributed by atoms with Gasteiger partial charge in [0.15, 0.2) is 6.17 Å². The molecule has 0 spiro atoms. The number of rotatable bonds is 2. The first-order chi connectivity index (χ1) is 8.75. The van der Waals surface area contributed by atoms with Crippen molar-refractivity contribution in [3.05, 3.63) is 54.1 Å². The van der Waals surface area contributed by atoms with E-state index in [1.165, 1.54) is 0 Å². The number of allylic oxidation sites excluding steroid dienone is 2. The lowest BCUT2D eigenvalue weighted by Crippen LogP contribution is -2.44. The second kappa shape index (κ2) is 4.12. The standard InChI is InChI=1S/C13H12N4O/c14-12(18)13-15-11-8-4-7-10(17(11)16-13)9-5-2-1-3-6-9/h1-8,13,16H,(H2,14,18). The lowest BCUT2D eigenvalue weighted by Gasteiger charge is -2.25. The molecule has 0 saturated heterocycles. The van der Waals surface area contributed by atoms with Gasteiger partial charge in [-0.25, -0.2) is 4.99 Å². The van der Waals surface area contributed by atoms with Crippen molar-refractivity contribution >= 4 is 17.4 Å². The van der Waals surface area contributed by atoms with E-state index in [0.717, 1.165) is 11.3 Å². The molecule has 1 aromatic carbocycles. The summed E-state index contributed by atoms with van der Waals surface area (Å²) in [7, 11) is 0. The Hall–Kier alpha value is -2.40. The Labute approximate surface area is 104 Å². The van der Waals surface area contributed by atoms with Gasteiger partial charge >= 0.3 is 0 Å². The first-order valence-corrected chi connectivity index (χ1v) is 5.63. The lowest BCUT2D eigenvalue weighted by atomic mass is 10.1. The molecule has 1 atom stereocenters. The van der Waals surface area contributed by atoms with Gasteiger partial charge in [-0.3, -0.25) is 9.80 Å². The van der Waals surface area contributed by atoms with Gasteiger partial charge in [0, 0.05) is 0 Å². The largest absolute Gasteiger partial charge is 0.367 e. The van der Waals surface area contributed by atoms with E-state index in [2.05, 4.69) is 10.4 Å². The van der Waals surface area contributed by atoms with Gasteiger partial charge in [0.1, 0.15) is 5.84 Å². The van der Waals surface area contributed by atoms with Crippen LogP contribution in [0.25, 0.3) is 5.70 Å². The van der Waals surface area contributed by atoms with Gasteiger partial charge in [-0.1, -0.05) is 36.4 Å². The van der Waals surface area contributed by atoms with Crippen molar-refractivity contribution in [3.63, 3.8) is 0 Å². The number of hydrazine groups is 1. The van der Waals surface area contributed by atoms with Crippen molar-refractivity contribution in [1.29, 1.82) is 0 Å². The normalized spacial score (nSPS) is 21.3. The number of amides is 1. The Morgan fingerprint density at radius 2 is 2.11 bits per heavy atom. The molecule has 1 unspecified atom stereocenters. The third-order valence-corrected chi connectivity index (χ3v) is 2.82. The van der Waals surface area contributed by atoms with Crippen LogP contribution in [0.15, 0.2) is 53.6 Å². The predicted molar refractivity (Wildman–Crippen MR) is 69.0 cm³/mol. The van der Waals surface area contributed by atoms with Gasteiger partial charge in [-0.2, -0.15) is 5.43 Å². The van der Waals surface area contributed by atoms with Gasteiger partial charge in [-0.05, 0) is 17.7 Å². The SMILES string of the molecule is NC(=O)C1N=C2C=CC=C(c3ccccc3)N2N1. The maximum Gasteiger partial charge on any atom is 0.258 e. The van der Waals surface area contributed by atoms with Crippen LogP contribution in [0.3, 0.4) is 0 Å². The minimum atomic E-state index is -0.699. The monoisotopic (exact) mass is 240 g/mol. The number of aliphatic imine (C=N–C) groups is 1. The van der Waals surface area contributed by atoms with Gasteiger partial charge in [0.25, 0.3) is 5.91 Å². The first kappa shape index (κ1) is 10.7. The highest BCUT2D eigenvalue weighted by Gasteiger charge is 2.30. The number of benzene rings is 1. The van der Waals surface area contributed by atoms with E-state index in [-0.39, 0.29) is 0 Å². The number of nitrogens with zero attached hydrogens (tertiary/aromatic N) is 2. The van der Waals surface area contributed by atoms with Crippen LogP contribution in [-0.4, -0.2) is 22.9 Å². The van der Waals surface area contributed by atoms with Crippen molar-refractivity contribution in [3.8, 4) is 0 Å². The maximum atomic E-state index is 11.2. The van der Waals surface area contributed by atoms with E-state index < -0.39 is 12.1 Å². The molecule has 0 radical (unpaired) electrons. The number of hydrogen-bond acceptors (Lipinski definition) is 4. The summed E-state index contributed by atoms with van der Waals surface area (Å²) in [4.78, 5) is 15.4. The fourth-order valence-corrected chi connectivity index (χ4v) is 1.98. The highest BCUT2D eigenvalue weighted by Crippen LogP contribution is 2.24. The van der Waals surface area contributed by atoms with Gasteiger partial charge in [-0.15, -0.1) is 0 Å². The third-order valence-electron chi connectivity index (χ3n) is 2.82. The molecule has 2 aliphatic heterocycles. The van der Waals surface area contributed by atoms with Crippen LogP contribution in [0, 0.1) is 0 Å². The average molecular weight is 240 g/mol. The molecule has 2 aliphatic rings. The van der Waals surface area contributed by atoms with Crippen LogP contribution in [0.5, 0.6) is 0 Å². The number of carbonyl (C=O) groups excluding carboxylic acids is 1. The molecule has 1 amide bonds. The predicted octanol–water partition coefficient (Wildman–Crippen LogP) is 0.627. The second-order valence-electron chi connectivity index (χ2n) is 4.03. The van der Waals surface area contributed by atoms with Crippen LogP contribution >= 0.6 is 0 Å². The number of nitrogens with one attached hydrogen (secondary N) is 1. The Morgan fingerprint density at radius 1 is 1.33 bits per heavy atom. The first-order valence-electron chi connectivity index (χ1n) is 5.63. The second-order valence-corrected chi connectivity index (χ2v) is 4.03. The summed E-state index contributed by atoms with van der Waals surface area (Å²) >= 11 is 0. The van der Waals surface area contributed by atoms with E-state index in [4.69, 9.17) is 5.73 Å². The van der Waals surface area contributed by atoms with Gasteiger partial charge < -0.3 is 5.73 Å². The molecule has 5 nitrogen and oxygen atoms in total. The summed E-state index contributed by atoms with van der Waals surface area (Å²) in [6.07, 6.45) is 5.00. The molecule has 0 aliphatic carbocycles. The van der Waals surface area contributed by atoms with Crippen LogP contribution in [0.2, 0.25) is 0 Å². The average Bonchev–Trinajstić information content (AvgIpc) is 2.83. The molecule has 0 fully saturated rings. The number of hydrogen-bond donors (Lipinski definition) is 2. The van der Waals surface area contributed by atoms with E-state index >= 15 is 0 Å². The summed E-state index contributed by atoms with van der Waals surface area (Å²) in [5.41, 5.74) is 10.2. The number of carbonyl (C=O) groups is 1. The van der Waals surface area contributed by atoms with Crippen LogP contribution in [0.4, 0.5) is 0 Å². The Bertz CT molecular complexity index is 574. The highest BCUT2D eigenvalue weighted by atomic mass is 16.2. The Morgan fingerprint density at radius 3 is 2.83 bits per heavy atom. The van der Waals surface area contributed by atoms with Crippen molar-refractivity contribution in [2.45, 2.75) is 6.17 Å². The van der Waals surface area contributed by atoms with Crippen molar-refractivity contribution in [2.75, 3.05) is 0 Å². The number of primary amides is 1. The molecule has 90 valence electrons. The molecule has 0 bridgehead atoms. The molecule has 5 heteroatoms. The van der Waals surface area contributed by atoms with Crippen LogP contribution in [0.1, 0.15) is 5.56 Å². The van der Waals surface area contributed by atoms with Crippen molar-refractivity contribution < 1.29 is 4.79 Å². The molecule has 3 N–H and O–H groups in total. The third kappa shape index (κ3) is 1.70. The molecule has 3 rings (SSSR count). The zero-order chi connectivity index (χ0) is 12.5. The molecule has 2 heterocycles. The minimum absolute atomic E-state index is 0.488. The summed E-state index contributed by atoms with van der Waals surface area (Å²) < 4.78 is 0. The number of nitrogens with two attached hydrogens (primary N) is 1.